The fourth-order valence-electron chi connectivity index (χ4n) is 2.62. The number of rotatable bonds is 2. The van der Waals surface area contributed by atoms with Gasteiger partial charge < -0.3 is 5.73 Å². The highest BCUT2D eigenvalue weighted by Gasteiger charge is 2.32. The van der Waals surface area contributed by atoms with Gasteiger partial charge in [0.1, 0.15) is 0 Å². The van der Waals surface area contributed by atoms with Gasteiger partial charge in [0.05, 0.1) is 3.79 Å². The largest absolute Gasteiger partial charge is 0.323 e. The summed E-state index contributed by atoms with van der Waals surface area (Å²) >= 11 is 5.30. The molecule has 0 aliphatic heterocycles. The Hall–Kier alpha value is -0.640. The molecule has 2 unspecified atom stereocenters. The predicted molar refractivity (Wildman–Crippen MR) is 76.6 cm³/mol. The summed E-state index contributed by atoms with van der Waals surface area (Å²) in [7, 11) is 0. The summed E-state index contributed by atoms with van der Waals surface area (Å²) in [6, 6.07) is 10.9. The van der Waals surface area contributed by atoms with Gasteiger partial charge in [0.2, 0.25) is 0 Å². The van der Waals surface area contributed by atoms with Crippen molar-refractivity contribution in [2.24, 2.45) is 5.73 Å². The van der Waals surface area contributed by atoms with E-state index in [0.29, 0.717) is 5.92 Å². The lowest BCUT2D eigenvalue weighted by molar-refractivity contribution is 0.499. The van der Waals surface area contributed by atoms with Gasteiger partial charge in [-0.1, -0.05) is 24.3 Å². The third-order valence-electron chi connectivity index (χ3n) is 3.61. The van der Waals surface area contributed by atoms with Crippen LogP contribution in [0.2, 0.25) is 0 Å². The predicted octanol–water partition coefficient (Wildman–Crippen LogP) is 4.16. The quantitative estimate of drug-likeness (QED) is 0.886. The van der Waals surface area contributed by atoms with E-state index < -0.39 is 0 Å². The topological polar surface area (TPSA) is 26.0 Å². The maximum Gasteiger partial charge on any atom is 0.0704 e. The second kappa shape index (κ2) is 4.23. The second-order valence-electron chi connectivity index (χ2n) is 4.60. The molecule has 1 aromatic heterocycles. The average molecular weight is 308 g/mol. The Kier molecular flexibility index (Phi) is 2.85. The first-order valence-corrected chi connectivity index (χ1v) is 7.37. The van der Waals surface area contributed by atoms with Gasteiger partial charge in [-0.3, -0.25) is 0 Å². The van der Waals surface area contributed by atoms with Crippen molar-refractivity contribution in [2.75, 3.05) is 0 Å². The summed E-state index contributed by atoms with van der Waals surface area (Å²) in [6.45, 7) is 2.15. The highest BCUT2D eigenvalue weighted by Crippen LogP contribution is 2.44. The first-order chi connectivity index (χ1) is 8.16. The number of hydrogen-bond acceptors (Lipinski definition) is 2. The van der Waals surface area contributed by atoms with Crippen LogP contribution in [-0.4, -0.2) is 0 Å². The number of benzene rings is 1. The fourth-order valence-corrected chi connectivity index (χ4v) is 4.39. The average Bonchev–Trinajstić information content (AvgIpc) is 2.59. The molecule has 0 spiro atoms. The van der Waals surface area contributed by atoms with Gasteiger partial charge in [-0.05, 0) is 52.0 Å². The summed E-state index contributed by atoms with van der Waals surface area (Å²) in [5, 5.41) is 0. The lowest BCUT2D eigenvalue weighted by Gasteiger charge is -2.34. The minimum Gasteiger partial charge on any atom is -0.323 e. The van der Waals surface area contributed by atoms with Gasteiger partial charge in [0.15, 0.2) is 0 Å². The number of fused-ring (bicyclic) bond motifs is 1. The van der Waals surface area contributed by atoms with E-state index in [1.165, 1.54) is 25.4 Å². The van der Waals surface area contributed by atoms with E-state index >= 15 is 0 Å². The van der Waals surface area contributed by atoms with Crippen LogP contribution in [0.3, 0.4) is 0 Å². The van der Waals surface area contributed by atoms with Gasteiger partial charge in [0.25, 0.3) is 0 Å². The van der Waals surface area contributed by atoms with E-state index in [4.69, 9.17) is 5.73 Å². The molecule has 1 aliphatic carbocycles. The number of hydrogen-bond donors (Lipinski definition) is 1. The molecule has 0 saturated carbocycles. The van der Waals surface area contributed by atoms with Crippen molar-refractivity contribution in [3.05, 3.63) is 55.7 Å². The van der Waals surface area contributed by atoms with Crippen LogP contribution in [0.15, 0.2) is 34.1 Å². The Morgan fingerprint density at radius 2 is 2.18 bits per heavy atom. The van der Waals surface area contributed by atoms with Crippen LogP contribution in [0.25, 0.3) is 0 Å². The first kappa shape index (κ1) is 11.5. The fraction of sp³-hybridized carbons (Fsp3) is 0.286. The molecule has 0 radical (unpaired) electrons. The SMILES string of the molecule is Cc1sc(Br)cc1C(N)C1Cc2ccccc21. The van der Waals surface area contributed by atoms with Crippen LogP contribution in [0.5, 0.6) is 0 Å². The molecule has 3 heteroatoms. The summed E-state index contributed by atoms with van der Waals surface area (Å²) < 4.78 is 1.17. The van der Waals surface area contributed by atoms with Gasteiger partial charge in [0, 0.05) is 16.8 Å². The van der Waals surface area contributed by atoms with E-state index in [1.54, 1.807) is 11.3 Å². The maximum atomic E-state index is 6.42. The smallest absolute Gasteiger partial charge is 0.0704 e. The van der Waals surface area contributed by atoms with E-state index in [2.05, 4.69) is 53.2 Å². The molecule has 17 heavy (non-hydrogen) atoms. The van der Waals surface area contributed by atoms with Crippen molar-refractivity contribution in [3.8, 4) is 0 Å². The molecule has 0 saturated heterocycles. The standard InChI is InChI=1S/C14H14BrNS/c1-8-11(7-13(15)17-8)14(16)12-6-9-4-2-3-5-10(9)12/h2-5,7,12,14H,6,16H2,1H3. The zero-order valence-electron chi connectivity index (χ0n) is 9.61. The van der Waals surface area contributed by atoms with E-state index in [1.807, 2.05) is 0 Å². The van der Waals surface area contributed by atoms with E-state index in [0.717, 1.165) is 6.42 Å². The van der Waals surface area contributed by atoms with Crippen LogP contribution < -0.4 is 5.73 Å². The van der Waals surface area contributed by atoms with Crippen LogP contribution in [-0.2, 0) is 6.42 Å². The van der Waals surface area contributed by atoms with Crippen molar-refractivity contribution in [3.63, 3.8) is 0 Å². The molecule has 0 amide bonds. The molecule has 1 aliphatic rings. The Balaban J connectivity index is 1.91. The molecule has 2 N–H and O–H groups in total. The lowest BCUT2D eigenvalue weighted by Crippen LogP contribution is -2.29. The molecule has 2 aromatic rings. The van der Waals surface area contributed by atoms with Crippen molar-refractivity contribution >= 4 is 27.3 Å². The second-order valence-corrected chi connectivity index (χ2v) is 7.23. The maximum absolute atomic E-state index is 6.42. The molecule has 1 nitrogen and oxygen atoms in total. The van der Waals surface area contributed by atoms with Gasteiger partial charge in [-0.2, -0.15) is 0 Å². The Labute approximate surface area is 114 Å². The molecule has 88 valence electrons. The number of halogens is 1. The third kappa shape index (κ3) is 1.86. The van der Waals surface area contributed by atoms with E-state index in [9.17, 15) is 0 Å². The monoisotopic (exact) mass is 307 g/mol. The van der Waals surface area contributed by atoms with Gasteiger partial charge >= 0.3 is 0 Å². The first-order valence-electron chi connectivity index (χ1n) is 5.76. The molecule has 3 rings (SSSR count). The molecule has 1 heterocycles. The van der Waals surface area contributed by atoms with Crippen molar-refractivity contribution in [2.45, 2.75) is 25.3 Å². The molecular formula is C14H14BrNS. The van der Waals surface area contributed by atoms with Gasteiger partial charge in [-0.25, -0.2) is 0 Å². The highest BCUT2D eigenvalue weighted by atomic mass is 79.9. The van der Waals surface area contributed by atoms with Crippen LogP contribution in [0.4, 0.5) is 0 Å². The Bertz CT molecular complexity index is 561. The molecular weight excluding hydrogens is 294 g/mol. The summed E-state index contributed by atoms with van der Waals surface area (Å²) in [5.74, 6) is 0.492. The molecule has 2 atom stereocenters. The zero-order valence-corrected chi connectivity index (χ0v) is 12.0. The number of thiophene rings is 1. The Morgan fingerprint density at radius 1 is 1.41 bits per heavy atom. The molecule has 0 fully saturated rings. The molecule has 0 bridgehead atoms. The Morgan fingerprint density at radius 3 is 2.82 bits per heavy atom. The lowest BCUT2D eigenvalue weighted by atomic mass is 9.72. The zero-order chi connectivity index (χ0) is 12.0. The van der Waals surface area contributed by atoms with Crippen molar-refractivity contribution in [1.29, 1.82) is 0 Å². The number of nitrogens with two attached hydrogens (primary N) is 1. The highest BCUT2D eigenvalue weighted by molar-refractivity contribution is 9.11. The summed E-state index contributed by atoms with van der Waals surface area (Å²) in [5.41, 5.74) is 10.6. The summed E-state index contributed by atoms with van der Waals surface area (Å²) in [4.78, 5) is 1.33. The normalized spacial score (nSPS) is 19.6. The van der Waals surface area contributed by atoms with Crippen molar-refractivity contribution < 1.29 is 0 Å². The van der Waals surface area contributed by atoms with Gasteiger partial charge in [-0.15, -0.1) is 11.3 Å². The minimum atomic E-state index is 0.132. The van der Waals surface area contributed by atoms with E-state index in [-0.39, 0.29) is 6.04 Å². The van der Waals surface area contributed by atoms with Crippen LogP contribution in [0, 0.1) is 6.92 Å². The van der Waals surface area contributed by atoms with Crippen LogP contribution in [0.1, 0.15) is 33.5 Å². The summed E-state index contributed by atoms with van der Waals surface area (Å²) in [6.07, 6.45) is 1.12. The third-order valence-corrected chi connectivity index (χ3v) is 5.18. The molecule has 1 aromatic carbocycles. The number of aryl methyl sites for hydroxylation is 1. The minimum absolute atomic E-state index is 0.132. The van der Waals surface area contributed by atoms with Crippen LogP contribution >= 0.6 is 27.3 Å². The van der Waals surface area contributed by atoms with Crippen molar-refractivity contribution in [1.82, 2.24) is 0 Å².